The molecule has 0 fully saturated rings. The molecule has 0 amide bonds. The number of benzene rings is 10. The van der Waals surface area contributed by atoms with E-state index in [0.717, 1.165) is 72.0 Å². The van der Waals surface area contributed by atoms with E-state index in [9.17, 15) is 5.26 Å². The Labute approximate surface area is 440 Å². The number of fused-ring (bicyclic) bond motifs is 12. The maximum atomic E-state index is 11.6. The number of hydrogen-bond acceptors (Lipinski definition) is 4. The summed E-state index contributed by atoms with van der Waals surface area (Å²) in [5, 5.41) is 16.3. The Kier molecular flexibility index (Phi) is 9.32. The van der Waals surface area contributed by atoms with E-state index in [0.29, 0.717) is 23.0 Å². The van der Waals surface area contributed by atoms with Gasteiger partial charge in [-0.1, -0.05) is 191 Å². The van der Waals surface area contributed by atoms with Crippen LogP contribution in [0.3, 0.4) is 0 Å². The van der Waals surface area contributed by atoms with Gasteiger partial charge < -0.3 is 9.13 Å². The Balaban J connectivity index is 1.01. The maximum absolute atomic E-state index is 11.6. The summed E-state index contributed by atoms with van der Waals surface area (Å²) in [7, 11) is 0. The summed E-state index contributed by atoms with van der Waals surface area (Å²) in [6.07, 6.45) is 0. The molecule has 2 aliphatic rings. The zero-order valence-electron chi connectivity index (χ0n) is 42.5. The van der Waals surface area contributed by atoms with Gasteiger partial charge in [0.1, 0.15) is 6.07 Å². The Morgan fingerprint density at radius 1 is 0.329 bits per heavy atom. The van der Waals surface area contributed by atoms with Crippen molar-refractivity contribution in [3.05, 3.63) is 246 Å². The number of hydrogen-bond donors (Lipinski definition) is 0. The van der Waals surface area contributed by atoms with Gasteiger partial charge in [0.05, 0.1) is 39.0 Å². The molecule has 3 aromatic heterocycles. The molecule has 0 atom stereocenters. The molecule has 10 aromatic carbocycles. The Morgan fingerprint density at radius 2 is 0.789 bits per heavy atom. The first-order valence-corrected chi connectivity index (χ1v) is 26.1. The summed E-state index contributed by atoms with van der Waals surface area (Å²) in [5.41, 5.74) is 20.8. The molecule has 358 valence electrons. The van der Waals surface area contributed by atoms with Crippen molar-refractivity contribution >= 4 is 43.6 Å². The first-order valence-electron chi connectivity index (χ1n) is 26.1. The molecule has 6 heteroatoms. The molecule has 76 heavy (non-hydrogen) atoms. The number of nitrogens with zero attached hydrogens (tertiary/aromatic N) is 6. The average molecular weight is 973 g/mol. The van der Waals surface area contributed by atoms with Crippen LogP contribution in [0.4, 0.5) is 0 Å². The van der Waals surface area contributed by atoms with Gasteiger partial charge in [0.2, 0.25) is 0 Å². The van der Waals surface area contributed by atoms with Crippen LogP contribution < -0.4 is 0 Å². The molecule has 0 saturated heterocycles. The Hall–Kier alpha value is -9.70. The Morgan fingerprint density at radius 3 is 1.33 bits per heavy atom. The average Bonchev–Trinajstić information content (AvgIpc) is 4.27. The molecule has 0 radical (unpaired) electrons. The predicted molar refractivity (Wildman–Crippen MR) is 310 cm³/mol. The highest BCUT2D eigenvalue weighted by Crippen LogP contribution is 2.53. The van der Waals surface area contributed by atoms with Crippen LogP contribution in [-0.4, -0.2) is 24.1 Å². The lowest BCUT2D eigenvalue weighted by atomic mass is 9.82. The largest absolute Gasteiger partial charge is 0.308 e. The van der Waals surface area contributed by atoms with Crippen LogP contribution in [0.15, 0.2) is 218 Å². The summed E-state index contributed by atoms with van der Waals surface area (Å²) in [6.45, 7) is 9.34. The molecule has 0 N–H and O–H groups in total. The van der Waals surface area contributed by atoms with Gasteiger partial charge in [-0.2, -0.15) is 5.26 Å². The van der Waals surface area contributed by atoms with Gasteiger partial charge >= 0.3 is 0 Å². The van der Waals surface area contributed by atoms with Gasteiger partial charge in [-0.3, -0.25) is 0 Å². The van der Waals surface area contributed by atoms with Crippen molar-refractivity contribution in [2.24, 2.45) is 0 Å². The molecule has 0 bridgehead atoms. The van der Waals surface area contributed by atoms with Crippen molar-refractivity contribution in [2.75, 3.05) is 0 Å². The summed E-state index contributed by atoms with van der Waals surface area (Å²) in [4.78, 5) is 15.8. The van der Waals surface area contributed by atoms with Crippen LogP contribution in [0.2, 0.25) is 0 Å². The number of rotatable bonds is 6. The first-order chi connectivity index (χ1) is 37.2. The topological polar surface area (TPSA) is 72.3 Å². The smallest absolute Gasteiger partial charge is 0.166 e. The fourth-order valence-electron chi connectivity index (χ4n) is 12.9. The minimum absolute atomic E-state index is 0.157. The summed E-state index contributed by atoms with van der Waals surface area (Å²) in [5.74, 6) is 1.72. The van der Waals surface area contributed by atoms with E-state index in [4.69, 9.17) is 15.0 Å². The van der Waals surface area contributed by atoms with E-state index < -0.39 is 0 Å². The molecule has 15 rings (SSSR count). The minimum Gasteiger partial charge on any atom is -0.308 e. The zero-order chi connectivity index (χ0) is 51.0. The summed E-state index contributed by atoms with van der Waals surface area (Å²) >= 11 is 0. The van der Waals surface area contributed by atoms with Gasteiger partial charge in [0.25, 0.3) is 0 Å². The van der Waals surface area contributed by atoms with Gasteiger partial charge in [0.15, 0.2) is 17.5 Å². The van der Waals surface area contributed by atoms with Crippen LogP contribution >= 0.6 is 0 Å². The Bertz CT molecular complexity index is 4590. The van der Waals surface area contributed by atoms with Crippen LogP contribution in [0.5, 0.6) is 0 Å². The fraction of sp³-hybridized carbons (Fsp3) is 0.0857. The second-order valence-electron chi connectivity index (χ2n) is 21.5. The monoisotopic (exact) mass is 972 g/mol. The minimum atomic E-state index is -0.183. The van der Waals surface area contributed by atoms with Crippen LogP contribution in [0.1, 0.15) is 55.5 Å². The molecule has 0 aliphatic heterocycles. The van der Waals surface area contributed by atoms with Gasteiger partial charge in [-0.05, 0) is 105 Å². The molecule has 0 saturated carbocycles. The third-order valence-corrected chi connectivity index (χ3v) is 16.6. The van der Waals surface area contributed by atoms with Crippen molar-refractivity contribution in [3.8, 4) is 85.0 Å². The molecular weight excluding hydrogens is 925 g/mol. The normalized spacial score (nSPS) is 13.7. The quantitative estimate of drug-likeness (QED) is 0.166. The van der Waals surface area contributed by atoms with E-state index in [1.54, 1.807) is 0 Å². The SMILES string of the molecule is CC1(C)c2ccccc2-c2cc3c(cc21)c1ccccc1n3-c1cc(-c2cccc(-n3c4ccccc4c4cc5c(cc43)-c3ccccc3C5(C)C)c2C#N)ccc1-c1nc(-c2ccccc2)nc(-c2ccccc2)n1. The van der Waals surface area contributed by atoms with Crippen LogP contribution in [0, 0.1) is 11.3 Å². The maximum Gasteiger partial charge on any atom is 0.166 e. The second-order valence-corrected chi connectivity index (χ2v) is 21.5. The highest BCUT2D eigenvalue weighted by atomic mass is 15.1. The standard InChI is InChI=1S/C70H48N6/c1-69(2)56-29-15-11-24-46(56)51-39-64-53(37-58(51)69)48-26-13-17-31-60(48)75(64)62-33-19-28-45(55(62)41-71)44-34-35-50(68-73-66(42-20-7-5-8-21-42)72-67(74-68)43-22-9-6-10-23-43)63(36-44)76-61-32-18-14-27-49(61)54-38-59-52(40-65(54)76)47-25-12-16-30-57(47)70(59,3)4/h5-40H,1-4H3. The molecule has 0 spiro atoms. The summed E-state index contributed by atoms with van der Waals surface area (Å²) < 4.78 is 4.71. The molecule has 13 aromatic rings. The second kappa shape index (κ2) is 16.1. The highest BCUT2D eigenvalue weighted by molar-refractivity contribution is 6.13. The molecular formula is C70H48N6. The summed E-state index contributed by atoms with van der Waals surface area (Å²) in [6, 6.07) is 80.4. The van der Waals surface area contributed by atoms with Gasteiger partial charge in [-0.25, -0.2) is 15.0 Å². The van der Waals surface area contributed by atoms with Crippen molar-refractivity contribution in [2.45, 2.75) is 38.5 Å². The number of para-hydroxylation sites is 2. The molecule has 3 heterocycles. The van der Waals surface area contributed by atoms with E-state index in [1.807, 2.05) is 60.7 Å². The third-order valence-electron chi connectivity index (χ3n) is 16.6. The number of nitriles is 1. The van der Waals surface area contributed by atoms with E-state index in [1.165, 1.54) is 55.3 Å². The van der Waals surface area contributed by atoms with Crippen LogP contribution in [-0.2, 0) is 10.8 Å². The molecule has 2 aliphatic carbocycles. The molecule has 6 nitrogen and oxygen atoms in total. The third kappa shape index (κ3) is 6.23. The van der Waals surface area contributed by atoms with Gasteiger partial charge in [-0.15, -0.1) is 0 Å². The van der Waals surface area contributed by atoms with Crippen molar-refractivity contribution in [1.82, 2.24) is 24.1 Å². The lowest BCUT2D eigenvalue weighted by Crippen LogP contribution is -2.14. The van der Waals surface area contributed by atoms with Crippen molar-refractivity contribution in [3.63, 3.8) is 0 Å². The van der Waals surface area contributed by atoms with Crippen molar-refractivity contribution < 1.29 is 0 Å². The zero-order valence-corrected chi connectivity index (χ0v) is 42.5. The predicted octanol–water partition coefficient (Wildman–Crippen LogP) is 17.2. The van der Waals surface area contributed by atoms with E-state index in [-0.39, 0.29) is 10.8 Å². The van der Waals surface area contributed by atoms with Crippen LogP contribution in [0.25, 0.3) is 123 Å². The number of aromatic nitrogens is 5. The first kappa shape index (κ1) is 43.8. The fourth-order valence-corrected chi connectivity index (χ4v) is 12.9. The van der Waals surface area contributed by atoms with E-state index in [2.05, 4.69) is 201 Å². The lowest BCUT2D eigenvalue weighted by molar-refractivity contribution is 0.661. The van der Waals surface area contributed by atoms with Crippen molar-refractivity contribution in [1.29, 1.82) is 5.26 Å². The molecule has 0 unspecified atom stereocenters. The highest BCUT2D eigenvalue weighted by Gasteiger charge is 2.38. The van der Waals surface area contributed by atoms with Gasteiger partial charge in [0, 0.05) is 54.6 Å². The lowest BCUT2D eigenvalue weighted by Gasteiger charge is -2.21. The van der Waals surface area contributed by atoms with E-state index >= 15 is 0 Å².